The molecule has 2 rings (SSSR count). The zero-order valence-corrected chi connectivity index (χ0v) is 14.7. The Kier molecular flexibility index (Phi) is 7.20. The van der Waals surface area contributed by atoms with Crippen LogP contribution in [0.1, 0.15) is 26.7 Å². The quantitative estimate of drug-likeness (QED) is 0.291. The van der Waals surface area contributed by atoms with Gasteiger partial charge in [0, 0.05) is 18.4 Å². The van der Waals surface area contributed by atoms with Crippen LogP contribution in [0.3, 0.4) is 0 Å². The van der Waals surface area contributed by atoms with Crippen LogP contribution in [0.15, 0.2) is 0 Å². The first kappa shape index (κ1) is 21.0. The van der Waals surface area contributed by atoms with Crippen molar-refractivity contribution in [2.45, 2.75) is 69.4 Å². The molecule has 0 aromatic rings. The number of aliphatic hydroxyl groups excluding tert-OH is 7. The molecule has 2 aliphatic carbocycles. The van der Waals surface area contributed by atoms with E-state index in [9.17, 15) is 35.7 Å². The lowest BCUT2D eigenvalue weighted by molar-refractivity contribution is -0.195. The van der Waals surface area contributed by atoms with Gasteiger partial charge in [-0.25, -0.2) is 0 Å². The molecule has 2 aliphatic rings. The smallest absolute Gasteiger partial charge is 0.109 e. The van der Waals surface area contributed by atoms with Crippen molar-refractivity contribution >= 4 is 0 Å². The molecular formula is C17H32O8. The minimum absolute atomic E-state index is 0.0385. The summed E-state index contributed by atoms with van der Waals surface area (Å²) < 4.78 is 5.68. The van der Waals surface area contributed by atoms with E-state index in [0.717, 1.165) is 0 Å². The van der Waals surface area contributed by atoms with E-state index in [1.54, 1.807) is 0 Å². The maximum Gasteiger partial charge on any atom is 0.109 e. The van der Waals surface area contributed by atoms with E-state index in [-0.39, 0.29) is 31.5 Å². The molecule has 7 N–H and O–H groups in total. The van der Waals surface area contributed by atoms with E-state index in [1.807, 2.05) is 13.8 Å². The summed E-state index contributed by atoms with van der Waals surface area (Å²) in [4.78, 5) is 0. The zero-order valence-electron chi connectivity index (χ0n) is 14.7. The van der Waals surface area contributed by atoms with Crippen molar-refractivity contribution in [3.05, 3.63) is 0 Å². The molecule has 0 aromatic heterocycles. The normalized spacial score (nSPS) is 48.7. The van der Waals surface area contributed by atoms with Crippen molar-refractivity contribution in [3.8, 4) is 0 Å². The summed E-state index contributed by atoms with van der Waals surface area (Å²) >= 11 is 0. The van der Waals surface area contributed by atoms with Gasteiger partial charge in [0.05, 0.1) is 31.0 Å². The Balaban J connectivity index is 1.99. The molecule has 0 aromatic carbocycles. The maximum absolute atomic E-state index is 10.2. The lowest BCUT2D eigenvalue weighted by Crippen LogP contribution is -2.56. The van der Waals surface area contributed by atoms with Crippen molar-refractivity contribution in [2.24, 2.45) is 23.7 Å². The van der Waals surface area contributed by atoms with Crippen LogP contribution < -0.4 is 0 Å². The molecule has 0 heterocycles. The third kappa shape index (κ3) is 4.33. The van der Waals surface area contributed by atoms with E-state index >= 15 is 0 Å². The van der Waals surface area contributed by atoms with E-state index in [0.29, 0.717) is 6.42 Å². The molecule has 148 valence electrons. The molecular weight excluding hydrogens is 332 g/mol. The highest BCUT2D eigenvalue weighted by Crippen LogP contribution is 2.36. The van der Waals surface area contributed by atoms with E-state index in [4.69, 9.17) is 4.74 Å². The number of hydrogen-bond acceptors (Lipinski definition) is 8. The Morgan fingerprint density at radius 2 is 1.32 bits per heavy atom. The van der Waals surface area contributed by atoms with Gasteiger partial charge in [-0.2, -0.15) is 0 Å². The summed E-state index contributed by atoms with van der Waals surface area (Å²) in [5.74, 6) is -1.08. The van der Waals surface area contributed by atoms with Crippen LogP contribution in [-0.2, 0) is 4.74 Å². The summed E-state index contributed by atoms with van der Waals surface area (Å²) in [5.41, 5.74) is 0. The summed E-state index contributed by atoms with van der Waals surface area (Å²) in [7, 11) is 0. The molecule has 8 heteroatoms. The number of hydrogen-bond donors (Lipinski definition) is 7. The van der Waals surface area contributed by atoms with Gasteiger partial charge in [-0.15, -0.1) is 0 Å². The highest BCUT2D eigenvalue weighted by molar-refractivity contribution is 4.95. The van der Waals surface area contributed by atoms with Crippen LogP contribution >= 0.6 is 0 Å². The molecule has 0 amide bonds. The van der Waals surface area contributed by atoms with Gasteiger partial charge in [-0.05, 0) is 24.7 Å². The van der Waals surface area contributed by atoms with Gasteiger partial charge >= 0.3 is 0 Å². The minimum atomic E-state index is -1.41. The molecule has 0 radical (unpaired) electrons. The first-order valence-corrected chi connectivity index (χ1v) is 8.99. The second-order valence-electron chi connectivity index (χ2n) is 7.90. The largest absolute Gasteiger partial charge is 0.396 e. The summed E-state index contributed by atoms with van der Waals surface area (Å²) in [6.07, 6.45) is -7.48. The van der Waals surface area contributed by atoms with Gasteiger partial charge in [0.1, 0.15) is 18.3 Å². The average molecular weight is 364 g/mol. The SMILES string of the molecule is CC(C)C1CC(COC2CC(CO)C(O)C(O)C2O)C(O)C(O)C1O. The van der Waals surface area contributed by atoms with Crippen molar-refractivity contribution in [1.29, 1.82) is 0 Å². The van der Waals surface area contributed by atoms with Gasteiger partial charge in [0.2, 0.25) is 0 Å². The molecule has 25 heavy (non-hydrogen) atoms. The molecule has 0 bridgehead atoms. The van der Waals surface area contributed by atoms with Crippen LogP contribution in [0.25, 0.3) is 0 Å². The van der Waals surface area contributed by atoms with Crippen LogP contribution in [0, 0.1) is 23.7 Å². The first-order chi connectivity index (χ1) is 11.7. The third-order valence-corrected chi connectivity index (χ3v) is 5.91. The van der Waals surface area contributed by atoms with Crippen LogP contribution in [-0.4, -0.2) is 91.7 Å². The molecule has 10 atom stereocenters. The Bertz CT molecular complexity index is 417. The first-order valence-electron chi connectivity index (χ1n) is 8.99. The Hall–Kier alpha value is -0.320. The molecule has 0 aliphatic heterocycles. The monoisotopic (exact) mass is 364 g/mol. The Morgan fingerprint density at radius 1 is 0.760 bits per heavy atom. The fourth-order valence-electron chi connectivity index (χ4n) is 4.07. The highest BCUT2D eigenvalue weighted by Gasteiger charge is 2.46. The van der Waals surface area contributed by atoms with Crippen molar-refractivity contribution in [1.82, 2.24) is 0 Å². The zero-order chi connectivity index (χ0) is 18.9. The number of aliphatic hydroxyl groups is 7. The van der Waals surface area contributed by atoms with E-state index in [1.165, 1.54) is 0 Å². The number of rotatable bonds is 5. The summed E-state index contributed by atoms with van der Waals surface area (Å²) in [5, 5.41) is 69.5. The van der Waals surface area contributed by atoms with Crippen LogP contribution in [0.4, 0.5) is 0 Å². The highest BCUT2D eigenvalue weighted by atomic mass is 16.5. The van der Waals surface area contributed by atoms with Crippen LogP contribution in [0.5, 0.6) is 0 Å². The molecule has 2 fully saturated rings. The fourth-order valence-corrected chi connectivity index (χ4v) is 4.07. The van der Waals surface area contributed by atoms with E-state index < -0.39 is 54.6 Å². The Labute approximate surface area is 147 Å². The second-order valence-corrected chi connectivity index (χ2v) is 7.90. The maximum atomic E-state index is 10.2. The minimum Gasteiger partial charge on any atom is -0.396 e. The molecule has 10 unspecified atom stereocenters. The van der Waals surface area contributed by atoms with Gasteiger partial charge < -0.3 is 40.5 Å². The van der Waals surface area contributed by atoms with Crippen molar-refractivity contribution < 1.29 is 40.5 Å². The van der Waals surface area contributed by atoms with Crippen LogP contribution in [0.2, 0.25) is 0 Å². The molecule has 0 saturated heterocycles. The van der Waals surface area contributed by atoms with Gasteiger partial charge in [0.25, 0.3) is 0 Å². The van der Waals surface area contributed by atoms with Gasteiger partial charge in [-0.1, -0.05) is 13.8 Å². The second kappa shape index (κ2) is 8.58. The third-order valence-electron chi connectivity index (χ3n) is 5.91. The summed E-state index contributed by atoms with van der Waals surface area (Å²) in [6, 6.07) is 0. The standard InChI is InChI=1S/C17H32O8/c1-7(2)10-3-9(13(20)16(23)14(10)21)6-25-11-4-8(5-18)12(19)17(24)15(11)22/h7-24H,3-6H2,1-2H3. The van der Waals surface area contributed by atoms with Crippen molar-refractivity contribution in [3.63, 3.8) is 0 Å². The predicted octanol–water partition coefficient (Wildman–Crippen LogP) is -2.16. The average Bonchev–Trinajstić information content (AvgIpc) is 2.58. The molecule has 0 spiro atoms. The van der Waals surface area contributed by atoms with Gasteiger partial charge in [0.15, 0.2) is 0 Å². The Morgan fingerprint density at radius 3 is 1.88 bits per heavy atom. The number of ether oxygens (including phenoxy) is 1. The lowest BCUT2D eigenvalue weighted by atomic mass is 9.71. The fraction of sp³-hybridized carbons (Fsp3) is 1.00. The van der Waals surface area contributed by atoms with Gasteiger partial charge in [-0.3, -0.25) is 0 Å². The predicted molar refractivity (Wildman–Crippen MR) is 87.4 cm³/mol. The summed E-state index contributed by atoms with van der Waals surface area (Å²) in [6.45, 7) is 3.57. The van der Waals surface area contributed by atoms with Crippen molar-refractivity contribution in [2.75, 3.05) is 13.2 Å². The molecule has 2 saturated carbocycles. The topological polar surface area (TPSA) is 151 Å². The lowest BCUT2D eigenvalue weighted by Gasteiger charge is -2.44. The van der Waals surface area contributed by atoms with E-state index in [2.05, 4.69) is 0 Å². The molecule has 8 nitrogen and oxygen atoms in total.